The molecule has 4 nitrogen and oxygen atoms in total. The molecule has 0 N–H and O–H groups in total. The van der Waals surface area contributed by atoms with Gasteiger partial charge in [0.15, 0.2) is 6.79 Å². The Bertz CT molecular complexity index is 809. The summed E-state index contributed by atoms with van der Waals surface area (Å²) in [6.07, 6.45) is 5.36. The van der Waals surface area contributed by atoms with E-state index in [1.165, 1.54) is 0 Å². The zero-order chi connectivity index (χ0) is 17.7. The lowest BCUT2D eigenvalue weighted by atomic mass is 10.1. The van der Waals surface area contributed by atoms with E-state index < -0.39 is 5.18 Å². The Labute approximate surface area is 160 Å². The van der Waals surface area contributed by atoms with Gasteiger partial charge in [0.25, 0.3) is 0 Å². The average molecular weight is 398 g/mol. The van der Waals surface area contributed by atoms with Crippen molar-refractivity contribution in [3.63, 3.8) is 0 Å². The minimum Gasteiger partial charge on any atom is -0.466 e. The van der Waals surface area contributed by atoms with Gasteiger partial charge in [-0.2, -0.15) is 0 Å². The summed E-state index contributed by atoms with van der Waals surface area (Å²) in [6, 6.07) is 14.6. The van der Waals surface area contributed by atoms with Crippen molar-refractivity contribution in [1.29, 1.82) is 0 Å². The van der Waals surface area contributed by atoms with Gasteiger partial charge in [0.05, 0.1) is 11.3 Å². The second-order valence-electron chi connectivity index (χ2n) is 5.30. The number of ether oxygens (including phenoxy) is 2. The van der Waals surface area contributed by atoms with Gasteiger partial charge in [-0.1, -0.05) is 59.1 Å². The van der Waals surface area contributed by atoms with Crippen LogP contribution in [0, 0.1) is 0 Å². The molecule has 1 unspecified atom stereocenters. The molecule has 0 saturated carbocycles. The third kappa shape index (κ3) is 4.67. The fourth-order valence-electron chi connectivity index (χ4n) is 2.27. The highest BCUT2D eigenvalue weighted by Crippen LogP contribution is 2.30. The molecule has 3 rings (SSSR count). The smallest absolute Gasteiger partial charge is 0.230 e. The maximum atomic E-state index is 6.74. The van der Waals surface area contributed by atoms with E-state index in [0.29, 0.717) is 22.2 Å². The Morgan fingerprint density at radius 1 is 1.04 bits per heavy atom. The van der Waals surface area contributed by atoms with Gasteiger partial charge < -0.3 is 9.47 Å². The Balaban J connectivity index is 1.73. The monoisotopic (exact) mass is 396 g/mol. The SMILES string of the molecule is Clc1ccc(CC(Cl)(OCOc2ccccc2Cl)n2ccnc2)cc1. The largest absolute Gasteiger partial charge is 0.466 e. The summed E-state index contributed by atoms with van der Waals surface area (Å²) < 4.78 is 13.1. The molecule has 3 aromatic rings. The molecule has 1 atom stereocenters. The number of para-hydroxylation sites is 1. The molecule has 25 heavy (non-hydrogen) atoms. The van der Waals surface area contributed by atoms with Crippen molar-refractivity contribution in [3.8, 4) is 5.75 Å². The van der Waals surface area contributed by atoms with Gasteiger partial charge >= 0.3 is 0 Å². The van der Waals surface area contributed by atoms with Crippen molar-refractivity contribution in [3.05, 3.63) is 82.9 Å². The molecule has 1 aromatic heterocycles. The van der Waals surface area contributed by atoms with Crippen molar-refractivity contribution in [2.75, 3.05) is 6.79 Å². The van der Waals surface area contributed by atoms with E-state index in [0.717, 1.165) is 5.56 Å². The highest BCUT2D eigenvalue weighted by Gasteiger charge is 2.31. The van der Waals surface area contributed by atoms with Crippen LogP contribution in [-0.4, -0.2) is 16.3 Å². The van der Waals surface area contributed by atoms with Gasteiger partial charge in [-0.3, -0.25) is 4.57 Å². The molecular formula is C18H15Cl3N2O2. The summed E-state index contributed by atoms with van der Waals surface area (Å²) in [4.78, 5) is 4.04. The number of benzene rings is 2. The van der Waals surface area contributed by atoms with Crippen molar-refractivity contribution in [2.45, 2.75) is 11.6 Å². The first-order valence-corrected chi connectivity index (χ1v) is 8.63. The number of nitrogens with zero attached hydrogens (tertiary/aromatic N) is 2. The van der Waals surface area contributed by atoms with Gasteiger partial charge in [0, 0.05) is 23.8 Å². The Morgan fingerprint density at radius 2 is 1.80 bits per heavy atom. The second kappa shape index (κ2) is 8.11. The summed E-state index contributed by atoms with van der Waals surface area (Å²) in [5.74, 6) is 0.528. The fourth-order valence-corrected chi connectivity index (χ4v) is 2.89. The first-order chi connectivity index (χ1) is 12.1. The molecule has 0 aliphatic heterocycles. The quantitative estimate of drug-likeness (QED) is 0.399. The predicted octanol–water partition coefficient (Wildman–Crippen LogP) is 5.33. The number of alkyl halides is 1. The Morgan fingerprint density at radius 3 is 2.48 bits per heavy atom. The predicted molar refractivity (Wildman–Crippen MR) is 99.2 cm³/mol. The third-order valence-electron chi connectivity index (χ3n) is 3.56. The van der Waals surface area contributed by atoms with E-state index in [2.05, 4.69) is 4.98 Å². The molecule has 0 aliphatic rings. The lowest BCUT2D eigenvalue weighted by Crippen LogP contribution is -2.33. The number of rotatable bonds is 7. The maximum Gasteiger partial charge on any atom is 0.230 e. The molecule has 0 amide bonds. The highest BCUT2D eigenvalue weighted by molar-refractivity contribution is 6.32. The Kier molecular flexibility index (Phi) is 5.86. The number of aromatic nitrogens is 2. The summed E-state index contributed by atoms with van der Waals surface area (Å²) in [5, 5.41) is -0.0212. The maximum absolute atomic E-state index is 6.74. The molecule has 0 spiro atoms. The van der Waals surface area contributed by atoms with Crippen LogP contribution in [0.25, 0.3) is 0 Å². The van der Waals surface area contributed by atoms with Crippen LogP contribution in [0.15, 0.2) is 67.3 Å². The minimum atomic E-state index is -1.19. The van der Waals surface area contributed by atoms with E-state index >= 15 is 0 Å². The molecule has 0 fully saturated rings. The van der Waals surface area contributed by atoms with E-state index in [1.807, 2.05) is 36.4 Å². The topological polar surface area (TPSA) is 36.3 Å². The molecule has 2 aromatic carbocycles. The van der Waals surface area contributed by atoms with Crippen LogP contribution in [0.4, 0.5) is 0 Å². The summed E-state index contributed by atoms with van der Waals surface area (Å²) in [5.41, 5.74) is 0.964. The van der Waals surface area contributed by atoms with Crippen LogP contribution in [0.2, 0.25) is 10.0 Å². The molecule has 0 saturated heterocycles. The van der Waals surface area contributed by atoms with Gasteiger partial charge in [0.1, 0.15) is 5.75 Å². The van der Waals surface area contributed by atoms with Crippen molar-refractivity contribution >= 4 is 34.8 Å². The molecule has 1 heterocycles. The highest BCUT2D eigenvalue weighted by atomic mass is 35.5. The van der Waals surface area contributed by atoms with Gasteiger partial charge in [-0.25, -0.2) is 4.98 Å². The van der Waals surface area contributed by atoms with E-state index in [4.69, 9.17) is 44.3 Å². The number of imidazole rings is 1. The zero-order valence-electron chi connectivity index (χ0n) is 13.1. The summed E-state index contributed by atoms with van der Waals surface area (Å²) in [6.45, 7) is -0.0704. The van der Waals surface area contributed by atoms with E-state index in [-0.39, 0.29) is 6.79 Å². The van der Waals surface area contributed by atoms with Crippen molar-refractivity contribution < 1.29 is 9.47 Å². The summed E-state index contributed by atoms with van der Waals surface area (Å²) >= 11 is 18.8. The number of hydrogen-bond acceptors (Lipinski definition) is 3. The fraction of sp³-hybridized carbons (Fsp3) is 0.167. The molecule has 0 radical (unpaired) electrons. The van der Waals surface area contributed by atoms with Crippen LogP contribution in [0.1, 0.15) is 5.56 Å². The van der Waals surface area contributed by atoms with Gasteiger partial charge in [0.2, 0.25) is 5.18 Å². The second-order valence-corrected chi connectivity index (χ2v) is 6.73. The third-order valence-corrected chi connectivity index (χ3v) is 4.56. The van der Waals surface area contributed by atoms with Crippen LogP contribution >= 0.6 is 34.8 Å². The molecular weight excluding hydrogens is 383 g/mol. The zero-order valence-corrected chi connectivity index (χ0v) is 15.4. The lowest BCUT2D eigenvalue weighted by Gasteiger charge is -2.28. The first kappa shape index (κ1) is 18.1. The van der Waals surface area contributed by atoms with Crippen LogP contribution in [-0.2, 0) is 16.3 Å². The van der Waals surface area contributed by atoms with Crippen LogP contribution < -0.4 is 4.74 Å². The average Bonchev–Trinajstić information content (AvgIpc) is 3.14. The molecule has 0 bridgehead atoms. The van der Waals surface area contributed by atoms with Crippen LogP contribution in [0.5, 0.6) is 5.75 Å². The molecule has 130 valence electrons. The lowest BCUT2D eigenvalue weighted by molar-refractivity contribution is -0.101. The standard InChI is InChI=1S/C18H15Cl3N2O2/c19-15-7-5-14(6-8-15)11-18(21,23-10-9-22-12-23)25-13-24-17-4-2-1-3-16(17)20/h1-10,12H,11,13H2. The summed E-state index contributed by atoms with van der Waals surface area (Å²) in [7, 11) is 0. The van der Waals surface area contributed by atoms with Crippen molar-refractivity contribution in [1.82, 2.24) is 9.55 Å². The van der Waals surface area contributed by atoms with E-state index in [1.54, 1.807) is 35.4 Å². The van der Waals surface area contributed by atoms with Gasteiger partial charge in [-0.15, -0.1) is 0 Å². The Hall–Kier alpha value is -1.72. The molecule has 7 heteroatoms. The van der Waals surface area contributed by atoms with Crippen molar-refractivity contribution in [2.24, 2.45) is 0 Å². The molecule has 0 aliphatic carbocycles. The van der Waals surface area contributed by atoms with Gasteiger partial charge in [-0.05, 0) is 29.8 Å². The van der Waals surface area contributed by atoms with Crippen LogP contribution in [0.3, 0.4) is 0 Å². The normalized spacial score (nSPS) is 13.4. The number of hydrogen-bond donors (Lipinski definition) is 0. The minimum absolute atomic E-state index is 0.0704. The number of halogens is 3. The van der Waals surface area contributed by atoms with E-state index in [9.17, 15) is 0 Å². The first-order valence-electron chi connectivity index (χ1n) is 7.50.